The van der Waals surface area contributed by atoms with Gasteiger partial charge < -0.3 is 24.4 Å². The van der Waals surface area contributed by atoms with E-state index in [2.05, 4.69) is 6.58 Å². The quantitative estimate of drug-likeness (QED) is 0.148. The predicted octanol–water partition coefficient (Wildman–Crippen LogP) is -1.38. The number of carbonyl (C=O) groups excluding carboxylic acids is 4. The first-order chi connectivity index (χ1) is 21.5. The molecule has 0 radical (unpaired) electrons. The van der Waals surface area contributed by atoms with Gasteiger partial charge in [0.15, 0.2) is 5.78 Å². The molecule has 10 nitrogen and oxygen atoms in total. The molecule has 1 saturated carbocycles. The zero-order chi connectivity index (χ0) is 32.3. The summed E-state index contributed by atoms with van der Waals surface area (Å²) in [4.78, 5) is 70.8. The van der Waals surface area contributed by atoms with E-state index >= 15 is 0 Å². The Balaban J connectivity index is 0.00000250. The molecule has 4 aliphatic heterocycles. The number of aldehydes is 1. The van der Waals surface area contributed by atoms with Crippen LogP contribution < -0.4 is 50.3 Å². The van der Waals surface area contributed by atoms with E-state index in [1.165, 1.54) is 7.11 Å². The molecule has 1 fully saturated rings. The normalized spacial score (nSPS) is 24.0. The molecule has 0 spiro atoms. The smallest absolute Gasteiger partial charge is 0.657 e. The van der Waals surface area contributed by atoms with E-state index in [4.69, 9.17) is 24.7 Å². The first-order valence-corrected chi connectivity index (χ1v) is 15.0. The van der Waals surface area contributed by atoms with Crippen molar-refractivity contribution in [1.29, 1.82) is 0 Å². The fourth-order valence-electron chi connectivity index (χ4n) is 7.02. The summed E-state index contributed by atoms with van der Waals surface area (Å²) < 4.78 is 5.09. The minimum atomic E-state index is -1.29. The van der Waals surface area contributed by atoms with Crippen LogP contribution in [0.2, 0.25) is 0 Å². The van der Waals surface area contributed by atoms with Crippen LogP contribution in [0.5, 0.6) is 0 Å². The molecule has 1 aliphatic carbocycles. The number of Topliss-reactive ketones (excluding diaryl/α,β-unsaturated/α-hetero) is 1. The van der Waals surface area contributed by atoms with Crippen molar-refractivity contribution in [3.63, 3.8) is 0 Å². The number of hydrogen-bond acceptors (Lipinski definition) is 9. The number of ether oxygens (including phenoxy) is 1. The van der Waals surface area contributed by atoms with Gasteiger partial charge in [0.2, 0.25) is 0 Å². The van der Waals surface area contributed by atoms with Crippen molar-refractivity contribution in [3.8, 4) is 0 Å². The summed E-state index contributed by atoms with van der Waals surface area (Å²) in [7, 11) is 1.22. The first kappa shape index (κ1) is 36.4. The van der Waals surface area contributed by atoms with Crippen LogP contribution in [-0.2, 0) is 41.0 Å². The Kier molecular flexibility index (Phi) is 10.8. The van der Waals surface area contributed by atoms with Crippen LogP contribution in [0.3, 0.4) is 0 Å². The third kappa shape index (κ3) is 5.82. The van der Waals surface area contributed by atoms with Gasteiger partial charge in [0, 0.05) is 34.7 Å². The number of nitrogens with zero attached hydrogens (tertiary/aromatic N) is 4. The van der Waals surface area contributed by atoms with Gasteiger partial charge in [0.05, 0.1) is 41.5 Å². The number of aliphatic imine (C=N–C) groups is 3. The number of fused-ring (bicyclic) bond motifs is 5. The van der Waals surface area contributed by atoms with Gasteiger partial charge in [-0.15, -0.1) is 10.7 Å². The third-order valence-corrected chi connectivity index (χ3v) is 9.47. The molecule has 0 N–H and O–H groups in total. The largest absolute Gasteiger partial charge is 1.00 e. The maximum Gasteiger partial charge on any atom is 1.00 e. The summed E-state index contributed by atoms with van der Waals surface area (Å²) in [5.74, 6) is -4.98. The fourth-order valence-corrected chi connectivity index (χ4v) is 7.02. The van der Waals surface area contributed by atoms with Gasteiger partial charge in [0.25, 0.3) is 0 Å². The second-order valence-electron chi connectivity index (χ2n) is 11.8. The SMILES string of the molecule is C=Cc1c(C)c2[n-]c1=CC1=NC(=C(CC)C1C=O)C=C1N=C3C(=C1C)C(=O)C(C(=O)OC)C3=C1N=C(C=2)C(C)C1CCC(=O)[O-].[Cu+].[Na+]. The number of methoxy groups -OCH3 is 1. The number of esters is 1. The molecule has 1 aromatic rings. The van der Waals surface area contributed by atoms with Crippen molar-refractivity contribution >= 4 is 59.4 Å². The second kappa shape index (κ2) is 13.9. The molecular weight excluding hydrogens is 659 g/mol. The number of hydrogen-bond donors (Lipinski definition) is 0. The van der Waals surface area contributed by atoms with Crippen molar-refractivity contribution in [1.82, 2.24) is 4.98 Å². The topological polar surface area (TPSA) is 152 Å². The average Bonchev–Trinajstić information content (AvgIpc) is 3.76. The van der Waals surface area contributed by atoms with Crippen LogP contribution in [0, 0.1) is 30.6 Å². The average molecular weight is 691 g/mol. The molecule has 1 aromatic heterocycles. The van der Waals surface area contributed by atoms with Crippen molar-refractivity contribution in [2.45, 2.75) is 47.0 Å². The number of aliphatic carboxylic acids is 1. The summed E-state index contributed by atoms with van der Waals surface area (Å²) in [6.45, 7) is 11.6. The van der Waals surface area contributed by atoms with Crippen LogP contribution in [0.25, 0.3) is 18.2 Å². The Bertz CT molecular complexity index is 1990. The van der Waals surface area contributed by atoms with E-state index in [-0.39, 0.29) is 65.4 Å². The number of ketones is 1. The molecule has 8 bridgehead atoms. The maximum atomic E-state index is 14.0. The minimum Gasteiger partial charge on any atom is -0.657 e. The summed E-state index contributed by atoms with van der Waals surface area (Å²) in [5, 5.41) is 12.8. The van der Waals surface area contributed by atoms with Crippen LogP contribution in [0.15, 0.2) is 67.0 Å². The van der Waals surface area contributed by atoms with Gasteiger partial charge in [-0.2, -0.15) is 0 Å². The van der Waals surface area contributed by atoms with Gasteiger partial charge in [-0.1, -0.05) is 44.2 Å². The van der Waals surface area contributed by atoms with Gasteiger partial charge in [-0.05, 0) is 55.9 Å². The summed E-state index contributed by atoms with van der Waals surface area (Å²) in [5.41, 5.74) is 6.66. The van der Waals surface area contributed by atoms with E-state index < -0.39 is 35.5 Å². The van der Waals surface area contributed by atoms with Gasteiger partial charge in [0.1, 0.15) is 12.2 Å². The number of allylic oxidation sites excluding steroid dienone is 5. The zero-order valence-electron chi connectivity index (χ0n) is 27.1. The molecule has 6 rings (SSSR count). The molecule has 4 unspecified atom stereocenters. The van der Waals surface area contributed by atoms with E-state index in [1.807, 2.05) is 32.9 Å². The van der Waals surface area contributed by atoms with Crippen molar-refractivity contribution in [3.05, 3.63) is 73.9 Å². The number of aromatic nitrogens is 1. The van der Waals surface area contributed by atoms with Crippen LogP contribution >= 0.6 is 0 Å². The van der Waals surface area contributed by atoms with E-state index in [0.29, 0.717) is 68.1 Å². The molecule has 240 valence electrons. The summed E-state index contributed by atoms with van der Waals surface area (Å²) >= 11 is 0. The van der Waals surface area contributed by atoms with Crippen molar-refractivity contribution < 1.29 is 75.6 Å². The Morgan fingerprint density at radius 3 is 2.43 bits per heavy atom. The Morgan fingerprint density at radius 2 is 1.81 bits per heavy atom. The monoisotopic (exact) mass is 690 g/mol. The van der Waals surface area contributed by atoms with Crippen molar-refractivity contribution in [2.75, 3.05) is 7.11 Å². The molecule has 0 aromatic carbocycles. The minimum absolute atomic E-state index is 0. The van der Waals surface area contributed by atoms with Crippen LogP contribution in [0.1, 0.15) is 51.2 Å². The molecular formula is C35H32CuN4NaO6. The summed E-state index contributed by atoms with van der Waals surface area (Å²) in [6, 6.07) is 0. The molecule has 5 aliphatic rings. The molecule has 0 saturated heterocycles. The third-order valence-electron chi connectivity index (χ3n) is 9.47. The molecule has 4 atom stereocenters. The van der Waals surface area contributed by atoms with Gasteiger partial charge >= 0.3 is 52.6 Å². The zero-order valence-corrected chi connectivity index (χ0v) is 30.0. The van der Waals surface area contributed by atoms with Crippen LogP contribution in [-0.4, -0.2) is 48.3 Å². The van der Waals surface area contributed by atoms with E-state index in [9.17, 15) is 24.3 Å². The number of carboxylic acid groups (broad SMARTS) is 1. The predicted molar refractivity (Wildman–Crippen MR) is 167 cm³/mol. The summed E-state index contributed by atoms with van der Waals surface area (Å²) in [6.07, 6.45) is 8.53. The molecule has 0 amide bonds. The Morgan fingerprint density at radius 1 is 1.11 bits per heavy atom. The second-order valence-corrected chi connectivity index (χ2v) is 11.8. The number of carboxylic acids is 1. The van der Waals surface area contributed by atoms with Crippen LogP contribution in [0.4, 0.5) is 0 Å². The number of rotatable bonds is 7. The first-order valence-electron chi connectivity index (χ1n) is 15.0. The molecule has 5 heterocycles. The van der Waals surface area contributed by atoms with Gasteiger partial charge in [-0.3, -0.25) is 19.6 Å². The van der Waals surface area contributed by atoms with E-state index in [0.717, 1.165) is 23.0 Å². The Hall–Kier alpha value is -3.47. The fraction of sp³-hybridized carbons (Fsp3) is 0.343. The van der Waals surface area contributed by atoms with Gasteiger partial charge in [-0.25, -0.2) is 4.99 Å². The van der Waals surface area contributed by atoms with E-state index in [1.54, 1.807) is 19.1 Å². The number of carbonyl (C=O) groups is 4. The standard InChI is InChI=1S/C35H34N4O6.Cu.Na/c1-7-18-15(3)22-11-23-16(4)20(9-10-28(41)42)32(38-23)30-31(35(44)45-6)34(43)29-17(5)24(39-33(29)30)12-26-19(8-2)21(14-40)27(37-26)13-25(18)36-22;;/h7,11-14,16,20-21,31H,1,8-10H2,2-6H3,(H2,36,37,38,39,41,42);;/q;2*+1/p-2. The molecule has 12 heteroatoms. The van der Waals surface area contributed by atoms with Crippen molar-refractivity contribution in [2.24, 2.45) is 38.6 Å². The Labute approximate surface area is 304 Å². The molecule has 47 heavy (non-hydrogen) atoms. The maximum absolute atomic E-state index is 14.0.